The molecule has 0 unspecified atom stereocenters. The van der Waals surface area contributed by atoms with Gasteiger partial charge < -0.3 is 10.1 Å². The number of carbonyl (C=O) groups is 3. The molecule has 4 aromatic rings. The second-order valence-electron chi connectivity index (χ2n) is 8.97. The lowest BCUT2D eigenvalue weighted by Gasteiger charge is -2.13. The van der Waals surface area contributed by atoms with Gasteiger partial charge in [0.05, 0.1) is 11.1 Å². The number of rotatable bonds is 9. The average molecular weight is 498 g/mol. The van der Waals surface area contributed by atoms with Crippen LogP contribution in [0, 0.1) is 5.92 Å². The van der Waals surface area contributed by atoms with E-state index in [0.717, 1.165) is 0 Å². The van der Waals surface area contributed by atoms with Gasteiger partial charge in [-0.15, -0.1) is 0 Å². The summed E-state index contributed by atoms with van der Waals surface area (Å²) in [4.78, 5) is 51.3. The zero-order valence-electron chi connectivity index (χ0n) is 20.6. The van der Waals surface area contributed by atoms with Crippen molar-refractivity contribution in [1.29, 1.82) is 0 Å². The molecule has 8 heteroatoms. The van der Waals surface area contributed by atoms with Gasteiger partial charge in [0.1, 0.15) is 0 Å². The highest BCUT2D eigenvalue weighted by Crippen LogP contribution is 2.20. The van der Waals surface area contributed by atoms with Crippen molar-refractivity contribution < 1.29 is 19.1 Å². The number of benzene rings is 3. The fourth-order valence-corrected chi connectivity index (χ4v) is 3.84. The molecular weight excluding hydrogens is 470 g/mol. The summed E-state index contributed by atoms with van der Waals surface area (Å²) < 4.78 is 6.53. The standard InChI is InChI=1S/C29H27N3O5/c1-19(2)16-17-32-28(35)22-13-7-6-12-21(22)26(31-32)29(36)37-18-25(33)30-24-15-9-8-14-23(24)27(34)20-10-4-3-5-11-20/h3-15,19H,16-18H2,1-2H3,(H,30,33). The Morgan fingerprint density at radius 3 is 2.27 bits per heavy atom. The molecule has 0 aliphatic rings. The number of carbonyl (C=O) groups excluding carboxylic acids is 3. The molecule has 0 radical (unpaired) electrons. The van der Waals surface area contributed by atoms with E-state index in [9.17, 15) is 19.2 Å². The first kappa shape index (κ1) is 25.5. The molecule has 188 valence electrons. The number of amides is 1. The Balaban J connectivity index is 1.50. The molecule has 1 aromatic heterocycles. The van der Waals surface area contributed by atoms with Crippen LogP contribution in [0.4, 0.5) is 5.69 Å². The predicted molar refractivity (Wildman–Crippen MR) is 141 cm³/mol. The number of ether oxygens (including phenoxy) is 1. The van der Waals surface area contributed by atoms with Crippen molar-refractivity contribution in [2.45, 2.75) is 26.8 Å². The molecule has 1 N–H and O–H groups in total. The molecule has 8 nitrogen and oxygen atoms in total. The molecule has 0 aliphatic heterocycles. The van der Waals surface area contributed by atoms with Crippen LogP contribution >= 0.6 is 0 Å². The fraction of sp³-hybridized carbons (Fsp3) is 0.207. The van der Waals surface area contributed by atoms with Gasteiger partial charge in [-0.2, -0.15) is 5.10 Å². The summed E-state index contributed by atoms with van der Waals surface area (Å²) >= 11 is 0. The van der Waals surface area contributed by atoms with Crippen LogP contribution in [0.2, 0.25) is 0 Å². The molecule has 0 spiro atoms. The summed E-state index contributed by atoms with van der Waals surface area (Å²) in [5.74, 6) is -1.33. The monoisotopic (exact) mass is 497 g/mol. The molecule has 3 aromatic carbocycles. The zero-order valence-corrected chi connectivity index (χ0v) is 20.6. The van der Waals surface area contributed by atoms with Gasteiger partial charge in [0.25, 0.3) is 11.5 Å². The van der Waals surface area contributed by atoms with Crippen LogP contribution in [0.25, 0.3) is 10.8 Å². The lowest BCUT2D eigenvalue weighted by Crippen LogP contribution is -2.28. The largest absolute Gasteiger partial charge is 0.451 e. The molecular formula is C29H27N3O5. The molecule has 37 heavy (non-hydrogen) atoms. The van der Waals surface area contributed by atoms with E-state index in [-0.39, 0.29) is 17.0 Å². The van der Waals surface area contributed by atoms with Gasteiger partial charge in [0.15, 0.2) is 18.1 Å². The Morgan fingerprint density at radius 2 is 1.54 bits per heavy atom. The molecule has 0 saturated heterocycles. The summed E-state index contributed by atoms with van der Waals surface area (Å²) in [7, 11) is 0. The minimum Gasteiger partial charge on any atom is -0.451 e. The summed E-state index contributed by atoms with van der Waals surface area (Å²) in [6.45, 7) is 3.83. The van der Waals surface area contributed by atoms with Gasteiger partial charge >= 0.3 is 5.97 Å². The normalized spacial score (nSPS) is 10.9. The number of aryl methyl sites for hydroxylation is 1. The molecule has 0 aliphatic carbocycles. The SMILES string of the molecule is CC(C)CCn1nc(C(=O)OCC(=O)Nc2ccccc2C(=O)c2ccccc2)c2ccccc2c1=O. The predicted octanol–water partition coefficient (Wildman–Crippen LogP) is 4.47. The summed E-state index contributed by atoms with van der Waals surface area (Å²) in [6.07, 6.45) is 0.712. The average Bonchev–Trinajstić information content (AvgIpc) is 2.92. The van der Waals surface area contributed by atoms with Gasteiger partial charge in [-0.1, -0.05) is 74.5 Å². The highest BCUT2D eigenvalue weighted by molar-refractivity contribution is 6.14. The van der Waals surface area contributed by atoms with Crippen molar-refractivity contribution in [1.82, 2.24) is 9.78 Å². The van der Waals surface area contributed by atoms with E-state index in [4.69, 9.17) is 4.74 Å². The number of ketones is 1. The first-order valence-electron chi connectivity index (χ1n) is 12.0. The number of fused-ring (bicyclic) bond motifs is 1. The summed E-state index contributed by atoms with van der Waals surface area (Å²) in [5.41, 5.74) is 0.791. The highest BCUT2D eigenvalue weighted by atomic mass is 16.5. The van der Waals surface area contributed by atoms with Crippen LogP contribution in [0.5, 0.6) is 0 Å². The third-order valence-electron chi connectivity index (χ3n) is 5.80. The van der Waals surface area contributed by atoms with Gasteiger partial charge in [-0.05, 0) is 30.5 Å². The second kappa shape index (κ2) is 11.4. The molecule has 0 bridgehead atoms. The van der Waals surface area contributed by atoms with Gasteiger partial charge in [-0.3, -0.25) is 14.4 Å². The molecule has 1 heterocycles. The van der Waals surface area contributed by atoms with E-state index in [1.807, 2.05) is 19.9 Å². The molecule has 4 rings (SSSR count). The Morgan fingerprint density at radius 1 is 0.892 bits per heavy atom. The van der Waals surface area contributed by atoms with Gasteiger partial charge in [0, 0.05) is 23.1 Å². The third-order valence-corrected chi connectivity index (χ3v) is 5.80. The van der Waals surface area contributed by atoms with E-state index >= 15 is 0 Å². The lowest BCUT2D eigenvalue weighted by atomic mass is 10.0. The maximum atomic E-state index is 12.9. The Kier molecular flexibility index (Phi) is 7.88. The number of nitrogens with one attached hydrogen (secondary N) is 1. The van der Waals surface area contributed by atoms with Crippen LogP contribution in [-0.4, -0.2) is 34.0 Å². The summed E-state index contributed by atoms with van der Waals surface area (Å²) in [5, 5.41) is 7.62. The van der Waals surface area contributed by atoms with Gasteiger partial charge in [0.2, 0.25) is 0 Å². The molecule has 0 fully saturated rings. The Labute approximate surface area is 213 Å². The van der Waals surface area contributed by atoms with E-state index in [1.54, 1.807) is 72.8 Å². The number of anilines is 1. The van der Waals surface area contributed by atoms with Crippen LogP contribution in [-0.2, 0) is 16.1 Å². The maximum absolute atomic E-state index is 12.9. The Hall–Kier alpha value is -4.59. The summed E-state index contributed by atoms with van der Waals surface area (Å²) in [6, 6.07) is 22.0. The van der Waals surface area contributed by atoms with E-state index < -0.39 is 18.5 Å². The van der Waals surface area contributed by atoms with Crippen LogP contribution < -0.4 is 10.9 Å². The smallest absolute Gasteiger partial charge is 0.359 e. The Bertz CT molecular complexity index is 1510. The van der Waals surface area contributed by atoms with Crippen molar-refractivity contribution in [2.75, 3.05) is 11.9 Å². The zero-order chi connectivity index (χ0) is 26.4. The van der Waals surface area contributed by atoms with Crippen molar-refractivity contribution in [3.8, 4) is 0 Å². The number of esters is 1. The van der Waals surface area contributed by atoms with E-state index in [1.165, 1.54) is 4.68 Å². The van der Waals surface area contributed by atoms with Crippen LogP contribution in [0.1, 0.15) is 46.7 Å². The molecule has 1 amide bonds. The first-order chi connectivity index (χ1) is 17.8. The highest BCUT2D eigenvalue weighted by Gasteiger charge is 2.20. The second-order valence-corrected chi connectivity index (χ2v) is 8.97. The minimum absolute atomic E-state index is 0.0357. The number of para-hydroxylation sites is 1. The van der Waals surface area contributed by atoms with Crippen molar-refractivity contribution in [2.24, 2.45) is 5.92 Å². The lowest BCUT2D eigenvalue weighted by molar-refractivity contribution is -0.119. The number of hydrogen-bond donors (Lipinski definition) is 1. The molecule has 0 atom stereocenters. The molecule has 0 saturated carbocycles. The van der Waals surface area contributed by atoms with Crippen LogP contribution in [0.3, 0.4) is 0 Å². The van der Waals surface area contributed by atoms with Gasteiger partial charge in [-0.25, -0.2) is 9.48 Å². The minimum atomic E-state index is -0.821. The fourth-order valence-electron chi connectivity index (χ4n) is 3.84. The van der Waals surface area contributed by atoms with Crippen molar-refractivity contribution in [3.63, 3.8) is 0 Å². The number of nitrogens with zero attached hydrogens (tertiary/aromatic N) is 2. The number of hydrogen-bond acceptors (Lipinski definition) is 6. The van der Waals surface area contributed by atoms with Crippen molar-refractivity contribution >= 4 is 34.1 Å². The van der Waals surface area contributed by atoms with E-state index in [0.29, 0.717) is 46.5 Å². The third kappa shape index (κ3) is 5.98. The van der Waals surface area contributed by atoms with Crippen molar-refractivity contribution in [3.05, 3.63) is 106 Å². The first-order valence-corrected chi connectivity index (χ1v) is 12.0. The number of aromatic nitrogens is 2. The van der Waals surface area contributed by atoms with Crippen LogP contribution in [0.15, 0.2) is 83.7 Å². The topological polar surface area (TPSA) is 107 Å². The maximum Gasteiger partial charge on any atom is 0.359 e. The quantitative estimate of drug-likeness (QED) is 0.270. The van der Waals surface area contributed by atoms with E-state index in [2.05, 4.69) is 10.4 Å².